The van der Waals surface area contributed by atoms with E-state index in [0.29, 0.717) is 12.0 Å². The van der Waals surface area contributed by atoms with Gasteiger partial charge in [0.1, 0.15) is 36.6 Å². The highest BCUT2D eigenvalue weighted by atomic mass is 16.7. The lowest BCUT2D eigenvalue weighted by molar-refractivity contribution is -0.366. The maximum absolute atomic E-state index is 14.2. The average molecular weight is 1170 g/mol. The summed E-state index contributed by atoms with van der Waals surface area (Å²) < 4.78 is 78.1. The number of cyclic esters (lactones) is 1. The third-order valence-corrected chi connectivity index (χ3v) is 16.7. The van der Waals surface area contributed by atoms with Crippen LogP contribution in [0.2, 0.25) is 0 Å². The van der Waals surface area contributed by atoms with Crippen molar-refractivity contribution in [1.29, 1.82) is 0 Å². The molecule has 82 heavy (non-hydrogen) atoms. The zero-order valence-electron chi connectivity index (χ0n) is 50.9. The standard InChI is InChI=1S/C60H98O22/c1-30-18-17-19-42(62)45(71-14)26-47(79-57(67)34(5)24-32(3)22-31(2)23-33(4)43(21-20-30)80-58-54(77-40(11)61)52(65)53(73-16)38(9)76-58)55(66)60(69)36(7)50(63)35(6)44(82-60)25-41(29-70-13)78-49-28-59(12,68)56(39(10)75-49)81-48-27-46(72-15)51(64)37(8)74-48/h18,20-24,33,35-39,41-56,58,62-66,68-69H,17,19,25-29H2,1-16H3/b21-20+,30-18+,31-23+,32-22+,34-24+/t33-,35+,36-,37-,38+,39+,41-,42+,43-,44-,45+,46-,47+,48+,49+,50+,51-,52-,53+,54+,55-,56+,58+,59+,60-/m1/s1. The van der Waals surface area contributed by atoms with Gasteiger partial charge in [0.05, 0.1) is 73.2 Å². The Labute approximate surface area is 484 Å². The van der Waals surface area contributed by atoms with Gasteiger partial charge >= 0.3 is 11.9 Å². The molecule has 0 aliphatic carbocycles. The van der Waals surface area contributed by atoms with Gasteiger partial charge in [0, 0.05) is 84.4 Å². The summed E-state index contributed by atoms with van der Waals surface area (Å²) in [6, 6.07) is 0. The number of ether oxygens (including phenoxy) is 13. The van der Waals surface area contributed by atoms with Crippen molar-refractivity contribution < 1.29 is 107 Å². The first-order valence-electron chi connectivity index (χ1n) is 28.8. The average Bonchev–Trinajstić information content (AvgIpc) is 3.52. The Kier molecular flexibility index (Phi) is 26.4. The molecular weight excluding hydrogens is 1070 g/mol. The van der Waals surface area contributed by atoms with E-state index in [0.717, 1.165) is 11.1 Å². The molecule has 0 aromatic rings. The number of carbonyl (C=O) groups excluding carboxylic acids is 2. The van der Waals surface area contributed by atoms with E-state index < -0.39 is 158 Å². The van der Waals surface area contributed by atoms with Crippen LogP contribution in [0.4, 0.5) is 0 Å². The molecule has 22 heteroatoms. The van der Waals surface area contributed by atoms with Gasteiger partial charge in [-0.3, -0.25) is 4.79 Å². The minimum absolute atomic E-state index is 0.00186. The van der Waals surface area contributed by atoms with Crippen molar-refractivity contribution in [3.8, 4) is 0 Å². The molecule has 4 saturated heterocycles. The number of hydrogen-bond donors (Lipinski definition) is 7. The fourth-order valence-electron chi connectivity index (χ4n) is 11.9. The molecule has 4 fully saturated rings. The highest BCUT2D eigenvalue weighted by Crippen LogP contribution is 2.43. The highest BCUT2D eigenvalue weighted by Gasteiger charge is 2.58. The molecule has 0 aromatic carbocycles. The Morgan fingerprint density at radius 1 is 0.780 bits per heavy atom. The van der Waals surface area contributed by atoms with Gasteiger partial charge in [-0.25, -0.2) is 4.79 Å². The van der Waals surface area contributed by atoms with E-state index in [2.05, 4.69) is 0 Å². The number of allylic oxidation sites excluding steroid dienone is 7. The molecular formula is C60H98O22. The summed E-state index contributed by atoms with van der Waals surface area (Å²) in [5.74, 6) is -6.15. The van der Waals surface area contributed by atoms with Crippen LogP contribution in [-0.2, 0) is 71.2 Å². The van der Waals surface area contributed by atoms with E-state index in [-0.39, 0.29) is 50.2 Å². The predicted molar refractivity (Wildman–Crippen MR) is 297 cm³/mol. The lowest BCUT2D eigenvalue weighted by Gasteiger charge is -2.51. The van der Waals surface area contributed by atoms with Crippen molar-refractivity contribution in [1.82, 2.24) is 0 Å². The molecule has 0 radical (unpaired) electrons. The van der Waals surface area contributed by atoms with E-state index in [1.165, 1.54) is 42.3 Å². The Morgan fingerprint density at radius 2 is 1.45 bits per heavy atom. The first-order chi connectivity index (χ1) is 38.5. The van der Waals surface area contributed by atoms with E-state index in [1.54, 1.807) is 54.5 Å². The summed E-state index contributed by atoms with van der Waals surface area (Å²) >= 11 is 0. The summed E-state index contributed by atoms with van der Waals surface area (Å²) in [5.41, 5.74) is 0.910. The number of rotatable bonds is 16. The Balaban J connectivity index is 1.39. The summed E-state index contributed by atoms with van der Waals surface area (Å²) in [6.07, 6.45) is -8.38. The van der Waals surface area contributed by atoms with Crippen molar-refractivity contribution in [2.75, 3.05) is 35.0 Å². The van der Waals surface area contributed by atoms with Crippen LogP contribution in [-0.4, -0.2) is 217 Å². The lowest BCUT2D eigenvalue weighted by Crippen LogP contribution is -2.66. The van der Waals surface area contributed by atoms with E-state index in [4.69, 9.17) is 61.6 Å². The second-order valence-electron chi connectivity index (χ2n) is 23.6. The van der Waals surface area contributed by atoms with E-state index in [9.17, 15) is 45.3 Å². The lowest BCUT2D eigenvalue weighted by atomic mass is 9.76. The fourth-order valence-corrected chi connectivity index (χ4v) is 11.9. The number of aliphatic hydroxyl groups is 7. The van der Waals surface area contributed by atoms with Gasteiger partial charge in [-0.1, -0.05) is 67.9 Å². The van der Waals surface area contributed by atoms with Crippen molar-refractivity contribution in [2.24, 2.45) is 17.8 Å². The van der Waals surface area contributed by atoms with Crippen LogP contribution in [0.1, 0.15) is 122 Å². The normalized spacial score (nSPS) is 45.3. The van der Waals surface area contributed by atoms with Gasteiger partial charge in [-0.15, -0.1) is 0 Å². The quantitative estimate of drug-likeness (QED) is 0.107. The summed E-state index contributed by atoms with van der Waals surface area (Å²) in [7, 11) is 5.79. The van der Waals surface area contributed by atoms with Crippen LogP contribution >= 0.6 is 0 Å². The molecule has 0 saturated carbocycles. The number of carbonyl (C=O) groups is 2. The van der Waals surface area contributed by atoms with Crippen LogP contribution in [0.5, 0.6) is 0 Å². The Hall–Kier alpha value is -3.08. The summed E-state index contributed by atoms with van der Waals surface area (Å²) in [6.45, 7) is 20.3. The van der Waals surface area contributed by atoms with Gasteiger partial charge in [0.2, 0.25) is 5.79 Å². The minimum Gasteiger partial charge on any atom is -0.456 e. The van der Waals surface area contributed by atoms with Crippen molar-refractivity contribution in [3.05, 3.63) is 58.7 Å². The van der Waals surface area contributed by atoms with E-state index in [1.807, 2.05) is 51.2 Å². The topological polar surface area (TPSA) is 296 Å². The molecule has 0 bridgehead atoms. The van der Waals surface area contributed by atoms with Gasteiger partial charge in [0.15, 0.2) is 25.0 Å². The van der Waals surface area contributed by atoms with Crippen LogP contribution in [0.25, 0.3) is 0 Å². The number of esters is 2. The molecule has 470 valence electrons. The predicted octanol–water partition coefficient (Wildman–Crippen LogP) is 4.16. The molecule has 5 aliphatic heterocycles. The molecule has 22 nitrogen and oxygen atoms in total. The molecule has 0 unspecified atom stereocenters. The second kappa shape index (κ2) is 31.0. The SMILES string of the molecule is COC[C@@H](C[C@H]1O[C@@](O)([C@H](O)[C@@H]2C[C@H](OC)[C@@H](O)CC/C=C(C)/C=C/[C@@H](O[C@@H]3O[C@@H](C)[C@H](OC)[C@@H](O)[C@@H]3OC(C)=O)[C@H](C)/C=C(C)/C=C(C)/C=C(\C)C(=O)O2)[C@H](C)[C@@H](O)[C@H]1C)O[C@H]1C[C@](C)(O)[C@@H](O[C@H]2C[C@@H](OC)[C@H](O)[C@@H](C)O2)[C@H](C)O1. The van der Waals surface area contributed by atoms with Crippen molar-refractivity contribution >= 4 is 11.9 Å². The highest BCUT2D eigenvalue weighted by molar-refractivity contribution is 5.88. The number of hydrogen-bond acceptors (Lipinski definition) is 22. The zero-order chi connectivity index (χ0) is 61.1. The Bertz CT molecular complexity index is 2200. The molecule has 5 rings (SSSR count). The van der Waals surface area contributed by atoms with Crippen LogP contribution < -0.4 is 0 Å². The Morgan fingerprint density at radius 3 is 2.07 bits per heavy atom. The van der Waals surface area contributed by atoms with Gasteiger partial charge in [-0.05, 0) is 74.3 Å². The third-order valence-electron chi connectivity index (χ3n) is 16.7. The smallest absolute Gasteiger partial charge is 0.334 e. The maximum atomic E-state index is 14.2. The minimum atomic E-state index is -2.55. The molecule has 25 atom stereocenters. The maximum Gasteiger partial charge on any atom is 0.334 e. The van der Waals surface area contributed by atoms with Crippen LogP contribution in [0, 0.1) is 17.8 Å². The summed E-state index contributed by atoms with van der Waals surface area (Å²) in [4.78, 5) is 26.4. The van der Waals surface area contributed by atoms with Gasteiger partial charge < -0.3 is 97.3 Å². The van der Waals surface area contributed by atoms with Crippen molar-refractivity contribution in [3.63, 3.8) is 0 Å². The van der Waals surface area contributed by atoms with Gasteiger partial charge in [-0.2, -0.15) is 0 Å². The molecule has 0 spiro atoms. The van der Waals surface area contributed by atoms with Gasteiger partial charge in [0.25, 0.3) is 0 Å². The molecule has 7 N–H and O–H groups in total. The van der Waals surface area contributed by atoms with Crippen LogP contribution in [0.15, 0.2) is 58.7 Å². The fraction of sp³-hybridized carbons (Fsp3) is 0.800. The third kappa shape index (κ3) is 18.0. The largest absolute Gasteiger partial charge is 0.456 e. The second-order valence-corrected chi connectivity index (χ2v) is 23.6. The molecule has 5 aliphatic rings. The van der Waals surface area contributed by atoms with Crippen LogP contribution in [0.3, 0.4) is 0 Å². The molecule has 5 heterocycles. The monoisotopic (exact) mass is 1170 g/mol. The van der Waals surface area contributed by atoms with E-state index >= 15 is 0 Å². The molecule has 0 aromatic heterocycles. The number of aliphatic hydroxyl groups excluding tert-OH is 5. The zero-order valence-corrected chi connectivity index (χ0v) is 50.9. The van der Waals surface area contributed by atoms with Crippen molar-refractivity contribution in [2.45, 2.75) is 256 Å². The molecule has 0 amide bonds. The first kappa shape index (κ1) is 69.7. The first-order valence-corrected chi connectivity index (χ1v) is 28.8. The summed E-state index contributed by atoms with van der Waals surface area (Å²) in [5, 5.41) is 82.2. The number of methoxy groups -OCH3 is 4.